The zero-order valence-corrected chi connectivity index (χ0v) is 20.2. The molecule has 33 heavy (non-hydrogen) atoms. The van der Waals surface area contributed by atoms with Gasteiger partial charge in [0.05, 0.1) is 13.2 Å². The fourth-order valence-corrected chi connectivity index (χ4v) is 4.51. The monoisotopic (exact) mass is 470 g/mol. The van der Waals surface area contributed by atoms with E-state index in [0.29, 0.717) is 18.4 Å². The van der Waals surface area contributed by atoms with Crippen LogP contribution in [0.4, 0.5) is 0 Å². The van der Waals surface area contributed by atoms with Crippen LogP contribution >= 0.6 is 11.6 Å². The first-order valence-corrected chi connectivity index (χ1v) is 12.3. The molecule has 0 saturated heterocycles. The minimum Gasteiger partial charge on any atom is -0.493 e. The largest absolute Gasteiger partial charge is 0.493 e. The van der Waals surface area contributed by atoms with Crippen LogP contribution in [0.25, 0.3) is 0 Å². The minimum absolute atomic E-state index is 0.00131. The Balaban J connectivity index is 1.69. The highest BCUT2D eigenvalue weighted by molar-refractivity contribution is 6.18. The lowest BCUT2D eigenvalue weighted by atomic mass is 9.65. The molecule has 0 bridgehead atoms. The van der Waals surface area contributed by atoms with Gasteiger partial charge in [-0.3, -0.25) is 0 Å². The van der Waals surface area contributed by atoms with E-state index < -0.39 is 6.10 Å². The summed E-state index contributed by atoms with van der Waals surface area (Å²) < 4.78 is 16.8. The molecular weight excluding hydrogens is 436 g/mol. The zero-order chi connectivity index (χ0) is 23.5. The van der Waals surface area contributed by atoms with Gasteiger partial charge in [-0.15, -0.1) is 18.0 Å². The van der Waals surface area contributed by atoms with Crippen LogP contribution in [0, 0.1) is 18.3 Å². The Morgan fingerprint density at radius 2 is 1.45 bits per heavy atom. The highest BCUT2D eigenvalue weighted by atomic mass is 35.5. The molecule has 0 aromatic heterocycles. The molecule has 0 amide bonds. The van der Waals surface area contributed by atoms with Crippen molar-refractivity contribution >= 4 is 11.6 Å². The van der Waals surface area contributed by atoms with E-state index in [1.54, 1.807) is 0 Å². The summed E-state index contributed by atoms with van der Waals surface area (Å²) in [6.45, 7) is 3.22. The Morgan fingerprint density at radius 3 is 1.97 bits per heavy atom. The smallest absolute Gasteiger partial charge is 0.119 e. The van der Waals surface area contributed by atoms with Crippen molar-refractivity contribution < 1.29 is 19.3 Å². The molecule has 0 heterocycles. The predicted octanol–water partition coefficient (Wildman–Crippen LogP) is 5.58. The summed E-state index contributed by atoms with van der Waals surface area (Å²) in [5, 5.41) is 9.95. The lowest BCUT2D eigenvalue weighted by molar-refractivity contribution is 0.0229. The summed E-state index contributed by atoms with van der Waals surface area (Å²) in [7, 11) is 0. The van der Waals surface area contributed by atoms with Crippen molar-refractivity contribution in [1.29, 1.82) is 0 Å². The number of alkyl halides is 1. The van der Waals surface area contributed by atoms with Crippen LogP contribution < -0.4 is 9.47 Å². The number of terminal acetylenes is 1. The van der Waals surface area contributed by atoms with Crippen molar-refractivity contribution in [2.75, 3.05) is 32.3 Å². The van der Waals surface area contributed by atoms with Gasteiger partial charge in [0.15, 0.2) is 0 Å². The molecule has 5 heteroatoms. The lowest BCUT2D eigenvalue weighted by Crippen LogP contribution is -2.30. The standard InChI is InChI=1S/C28H35ClO4/c1-3-17-31-20-25(30)21-33-27-13-9-24(10-14-27)28(15-5-4-6-16-28)23-7-11-26(12-8-23)32-19-22(2)18-29/h1,7-14,22,25,30H,4-6,15-21H2,2H3/t22-,25-/m1/s1. The third-order valence-electron chi connectivity index (χ3n) is 6.26. The topological polar surface area (TPSA) is 47.9 Å². The summed E-state index contributed by atoms with van der Waals surface area (Å²) in [5.41, 5.74) is 2.63. The summed E-state index contributed by atoms with van der Waals surface area (Å²) in [6.07, 6.45) is 10.4. The van der Waals surface area contributed by atoms with Gasteiger partial charge in [0.2, 0.25) is 0 Å². The van der Waals surface area contributed by atoms with Crippen molar-refractivity contribution in [3.05, 3.63) is 59.7 Å². The minimum atomic E-state index is -0.712. The third-order valence-corrected chi connectivity index (χ3v) is 6.78. The summed E-state index contributed by atoms with van der Waals surface area (Å²) in [4.78, 5) is 0. The first kappa shape index (κ1) is 25.4. The second kappa shape index (κ2) is 12.9. The summed E-state index contributed by atoms with van der Waals surface area (Å²) in [5.74, 6) is 4.92. The van der Waals surface area contributed by atoms with Crippen molar-refractivity contribution in [2.24, 2.45) is 5.92 Å². The molecule has 178 valence electrons. The molecular formula is C28H35ClO4. The van der Waals surface area contributed by atoms with Gasteiger partial charge in [-0.2, -0.15) is 0 Å². The van der Waals surface area contributed by atoms with E-state index in [9.17, 15) is 5.11 Å². The fourth-order valence-electron chi connectivity index (χ4n) is 4.42. The van der Waals surface area contributed by atoms with Gasteiger partial charge < -0.3 is 19.3 Å². The Hall–Kier alpha value is -2.19. The zero-order valence-electron chi connectivity index (χ0n) is 19.5. The number of benzene rings is 2. The van der Waals surface area contributed by atoms with E-state index in [1.165, 1.54) is 30.4 Å². The van der Waals surface area contributed by atoms with E-state index in [1.807, 2.05) is 12.1 Å². The SMILES string of the molecule is C#CCOC[C@@H](O)COc1ccc(C2(c3ccc(OC[C@H](C)CCl)cc3)CCCCC2)cc1. The molecule has 0 unspecified atom stereocenters. The van der Waals surface area contributed by atoms with E-state index >= 15 is 0 Å². The maximum atomic E-state index is 9.95. The Morgan fingerprint density at radius 1 is 0.909 bits per heavy atom. The maximum Gasteiger partial charge on any atom is 0.119 e. The van der Waals surface area contributed by atoms with Crippen LogP contribution in [-0.4, -0.2) is 43.5 Å². The van der Waals surface area contributed by atoms with E-state index in [-0.39, 0.29) is 25.2 Å². The Bertz CT molecular complexity index is 866. The van der Waals surface area contributed by atoms with E-state index in [4.69, 9.17) is 32.2 Å². The van der Waals surface area contributed by atoms with Crippen LogP contribution in [0.15, 0.2) is 48.5 Å². The lowest BCUT2D eigenvalue weighted by Gasteiger charge is -2.38. The van der Waals surface area contributed by atoms with Gasteiger partial charge in [-0.05, 0) is 48.2 Å². The van der Waals surface area contributed by atoms with Crippen molar-refractivity contribution in [1.82, 2.24) is 0 Å². The molecule has 0 radical (unpaired) electrons. The number of aliphatic hydroxyl groups excluding tert-OH is 1. The number of hydrogen-bond donors (Lipinski definition) is 1. The molecule has 1 fully saturated rings. The average molecular weight is 471 g/mol. The molecule has 3 rings (SSSR count). The molecule has 1 aliphatic rings. The van der Waals surface area contributed by atoms with Gasteiger partial charge in [-0.25, -0.2) is 0 Å². The predicted molar refractivity (Wildman–Crippen MR) is 133 cm³/mol. The Kier molecular flexibility index (Phi) is 9.94. The third kappa shape index (κ3) is 7.14. The molecule has 2 aromatic rings. The van der Waals surface area contributed by atoms with Gasteiger partial charge in [0.25, 0.3) is 0 Å². The molecule has 4 nitrogen and oxygen atoms in total. The van der Waals surface area contributed by atoms with Crippen molar-refractivity contribution in [3.63, 3.8) is 0 Å². The van der Waals surface area contributed by atoms with Crippen LogP contribution in [0.2, 0.25) is 0 Å². The number of halogens is 1. The van der Waals surface area contributed by atoms with Crippen LogP contribution in [0.5, 0.6) is 11.5 Å². The second-order valence-corrected chi connectivity index (χ2v) is 9.25. The Labute approximate surface area is 203 Å². The van der Waals surface area contributed by atoms with E-state index in [0.717, 1.165) is 24.3 Å². The van der Waals surface area contributed by atoms with Crippen molar-refractivity contribution in [2.45, 2.75) is 50.5 Å². The maximum absolute atomic E-state index is 9.95. The molecule has 1 aliphatic carbocycles. The number of rotatable bonds is 12. The number of aliphatic hydroxyl groups is 1. The van der Waals surface area contributed by atoms with Crippen LogP contribution in [0.1, 0.15) is 50.2 Å². The number of ether oxygens (including phenoxy) is 3. The molecule has 1 saturated carbocycles. The normalized spacial score (nSPS) is 17.0. The molecule has 0 aliphatic heterocycles. The highest BCUT2D eigenvalue weighted by Gasteiger charge is 2.35. The van der Waals surface area contributed by atoms with Crippen LogP contribution in [-0.2, 0) is 10.2 Å². The number of hydrogen-bond acceptors (Lipinski definition) is 4. The van der Waals surface area contributed by atoms with Gasteiger partial charge in [0.1, 0.15) is 30.8 Å². The molecule has 2 aromatic carbocycles. The first-order chi connectivity index (χ1) is 16.1. The highest BCUT2D eigenvalue weighted by Crippen LogP contribution is 2.45. The van der Waals surface area contributed by atoms with Crippen LogP contribution in [0.3, 0.4) is 0 Å². The quantitative estimate of drug-likeness (QED) is 0.250. The first-order valence-electron chi connectivity index (χ1n) is 11.8. The van der Waals surface area contributed by atoms with Gasteiger partial charge >= 0.3 is 0 Å². The van der Waals surface area contributed by atoms with E-state index in [2.05, 4.69) is 49.2 Å². The molecule has 0 spiro atoms. The molecule has 1 N–H and O–H groups in total. The average Bonchev–Trinajstić information content (AvgIpc) is 2.87. The van der Waals surface area contributed by atoms with Gasteiger partial charge in [-0.1, -0.05) is 56.4 Å². The fraction of sp³-hybridized carbons (Fsp3) is 0.500. The summed E-state index contributed by atoms with van der Waals surface area (Å²) in [6, 6.07) is 16.9. The molecule has 2 atom stereocenters. The van der Waals surface area contributed by atoms with Crippen molar-refractivity contribution in [3.8, 4) is 23.8 Å². The second-order valence-electron chi connectivity index (χ2n) is 8.95. The van der Waals surface area contributed by atoms with Gasteiger partial charge in [0, 0.05) is 17.2 Å². The summed E-state index contributed by atoms with van der Waals surface area (Å²) >= 11 is 5.89.